The molecule has 0 atom stereocenters. The standard InChI is InChI=1S/C64H53BN2/c1-61(2)36-37-62(3,4)53-39-43(32-35-50(53)61)67-58-47(34-33-46-45-26-15-16-27-49(45)63(5,6)56(46)58)48-38-40-20-13-14-25-44(40)59-57(48)65(67)54-30-19-29-52-60(54)66(59)55-31-18-17-28-51(55)64(52,41-21-9-7-10-22-41)42-23-11-8-12-24-42/h7-35,38-39H,36-37H2,1-6H3. The van der Waals surface area contributed by atoms with Crippen molar-refractivity contribution in [3.05, 3.63) is 233 Å². The Morgan fingerprint density at radius 2 is 1.06 bits per heavy atom. The van der Waals surface area contributed by atoms with Crippen LogP contribution in [0.5, 0.6) is 0 Å². The van der Waals surface area contributed by atoms with Crippen molar-refractivity contribution in [2.75, 3.05) is 9.71 Å². The van der Waals surface area contributed by atoms with Crippen LogP contribution in [0.25, 0.3) is 33.0 Å². The predicted molar refractivity (Wildman–Crippen MR) is 282 cm³/mol. The molecule has 0 saturated heterocycles. The average molecular weight is 861 g/mol. The molecule has 3 heterocycles. The Morgan fingerprint density at radius 1 is 0.433 bits per heavy atom. The monoisotopic (exact) mass is 860 g/mol. The van der Waals surface area contributed by atoms with Crippen LogP contribution >= 0.6 is 0 Å². The highest BCUT2D eigenvalue weighted by Gasteiger charge is 2.55. The molecule has 0 unspecified atom stereocenters. The van der Waals surface area contributed by atoms with Crippen molar-refractivity contribution in [1.29, 1.82) is 0 Å². The van der Waals surface area contributed by atoms with E-state index in [1.807, 2.05) is 0 Å². The molecule has 67 heavy (non-hydrogen) atoms. The third-order valence-electron chi connectivity index (χ3n) is 17.1. The lowest BCUT2D eigenvalue weighted by Gasteiger charge is -2.53. The molecule has 2 nitrogen and oxygen atoms in total. The first-order valence-electron chi connectivity index (χ1n) is 24.4. The van der Waals surface area contributed by atoms with E-state index in [9.17, 15) is 0 Å². The molecule has 0 fully saturated rings. The maximum Gasteiger partial charge on any atom is 0.333 e. The van der Waals surface area contributed by atoms with Crippen LogP contribution in [0.15, 0.2) is 188 Å². The number of anilines is 5. The van der Waals surface area contributed by atoms with Crippen molar-refractivity contribution in [2.24, 2.45) is 0 Å². The molecule has 0 bridgehead atoms. The molecule has 0 aromatic heterocycles. The largest absolute Gasteiger partial charge is 0.376 e. The van der Waals surface area contributed by atoms with E-state index in [1.165, 1.54) is 123 Å². The lowest BCUT2D eigenvalue weighted by atomic mass is 9.42. The van der Waals surface area contributed by atoms with Gasteiger partial charge in [0.25, 0.3) is 0 Å². The second-order valence-corrected chi connectivity index (χ2v) is 21.8. The number of rotatable bonds is 3. The van der Waals surface area contributed by atoms with Crippen molar-refractivity contribution in [3.8, 4) is 22.3 Å². The number of benzene rings is 9. The van der Waals surface area contributed by atoms with Gasteiger partial charge in [-0.05, 0) is 125 Å². The molecule has 14 rings (SSSR count). The van der Waals surface area contributed by atoms with Crippen molar-refractivity contribution in [3.63, 3.8) is 0 Å². The van der Waals surface area contributed by atoms with E-state index in [-0.39, 0.29) is 23.1 Å². The van der Waals surface area contributed by atoms with Gasteiger partial charge in [0.1, 0.15) is 0 Å². The zero-order chi connectivity index (χ0) is 45.2. The third kappa shape index (κ3) is 4.92. The van der Waals surface area contributed by atoms with Crippen LogP contribution in [0.1, 0.15) is 98.9 Å². The molecule has 0 amide bonds. The summed E-state index contributed by atoms with van der Waals surface area (Å²) in [6.07, 6.45) is 2.35. The summed E-state index contributed by atoms with van der Waals surface area (Å²) in [5.74, 6) is 0. The Kier molecular flexibility index (Phi) is 7.76. The maximum absolute atomic E-state index is 2.83. The van der Waals surface area contributed by atoms with Gasteiger partial charge in [-0.2, -0.15) is 0 Å². The molecule has 5 aliphatic rings. The number of nitrogens with zero attached hydrogens (tertiary/aromatic N) is 2. The summed E-state index contributed by atoms with van der Waals surface area (Å²) < 4.78 is 0. The predicted octanol–water partition coefficient (Wildman–Crippen LogP) is 14.9. The van der Waals surface area contributed by atoms with Gasteiger partial charge in [0.05, 0.1) is 16.8 Å². The molecule has 9 aromatic rings. The summed E-state index contributed by atoms with van der Waals surface area (Å²) >= 11 is 0. The first-order chi connectivity index (χ1) is 32.5. The van der Waals surface area contributed by atoms with Crippen LogP contribution < -0.4 is 20.6 Å². The minimum atomic E-state index is -0.588. The van der Waals surface area contributed by atoms with Crippen LogP contribution in [-0.4, -0.2) is 6.85 Å². The van der Waals surface area contributed by atoms with Crippen molar-refractivity contribution >= 4 is 57.0 Å². The van der Waals surface area contributed by atoms with Crippen LogP contribution in [0, 0.1) is 0 Å². The molecule has 2 aliphatic carbocycles. The van der Waals surface area contributed by atoms with Crippen molar-refractivity contribution in [1.82, 2.24) is 0 Å². The highest BCUT2D eigenvalue weighted by atomic mass is 15.2. The lowest BCUT2D eigenvalue weighted by Crippen LogP contribution is -2.63. The van der Waals surface area contributed by atoms with E-state index >= 15 is 0 Å². The minimum Gasteiger partial charge on any atom is -0.376 e. The molecule has 0 radical (unpaired) electrons. The SMILES string of the molecule is CC1(C)CCC(C)(C)c2cc(N3B4c5cccc6c5N(c5ccccc5C6(c5ccccc5)c5ccccc5)c5c4c(cc4ccccc54)-c4ccc5c(c43)C(C)(C)c3ccccc3-5)ccc21. The van der Waals surface area contributed by atoms with Gasteiger partial charge < -0.3 is 9.71 Å². The maximum atomic E-state index is 2.83. The Morgan fingerprint density at radius 3 is 1.82 bits per heavy atom. The molecule has 0 spiro atoms. The fourth-order valence-electron chi connectivity index (χ4n) is 13.9. The molecule has 322 valence electrons. The highest BCUT2D eigenvalue weighted by molar-refractivity contribution is 6.94. The topological polar surface area (TPSA) is 6.48 Å². The van der Waals surface area contributed by atoms with Gasteiger partial charge in [-0.25, -0.2) is 0 Å². The first kappa shape index (κ1) is 39.1. The molecule has 0 saturated carbocycles. The molecule has 3 aliphatic heterocycles. The van der Waals surface area contributed by atoms with Crippen molar-refractivity contribution in [2.45, 2.75) is 76.0 Å². The molecule has 9 aromatic carbocycles. The minimum absolute atomic E-state index is 0.0385. The van der Waals surface area contributed by atoms with Gasteiger partial charge in [0, 0.05) is 33.4 Å². The van der Waals surface area contributed by atoms with E-state index in [4.69, 9.17) is 0 Å². The van der Waals surface area contributed by atoms with Gasteiger partial charge in [-0.15, -0.1) is 0 Å². The van der Waals surface area contributed by atoms with E-state index in [2.05, 4.69) is 239 Å². The Balaban J connectivity index is 1.18. The molecule has 0 N–H and O–H groups in total. The van der Waals surface area contributed by atoms with Crippen LogP contribution in [0.4, 0.5) is 28.4 Å². The van der Waals surface area contributed by atoms with Gasteiger partial charge in [-0.1, -0.05) is 205 Å². The van der Waals surface area contributed by atoms with Gasteiger partial charge >= 0.3 is 6.85 Å². The fraction of sp³-hybridized carbons (Fsp3) is 0.188. The molecule has 3 heteroatoms. The number of hydrogen-bond acceptors (Lipinski definition) is 2. The lowest BCUT2D eigenvalue weighted by molar-refractivity contribution is 0.332. The zero-order valence-electron chi connectivity index (χ0n) is 39.3. The Labute approximate surface area is 395 Å². The summed E-state index contributed by atoms with van der Waals surface area (Å²) in [5.41, 5.74) is 24.7. The van der Waals surface area contributed by atoms with Gasteiger partial charge in [0.2, 0.25) is 0 Å². The number of hydrogen-bond donors (Lipinski definition) is 0. The van der Waals surface area contributed by atoms with E-state index < -0.39 is 5.41 Å². The second kappa shape index (κ2) is 13.3. The Hall–Kier alpha value is -7.10. The summed E-state index contributed by atoms with van der Waals surface area (Å²) in [4.78, 5) is 5.52. The zero-order valence-corrected chi connectivity index (χ0v) is 39.3. The summed E-state index contributed by atoms with van der Waals surface area (Å²) in [7, 11) is 0. The van der Waals surface area contributed by atoms with Gasteiger partial charge in [0.15, 0.2) is 0 Å². The second-order valence-electron chi connectivity index (χ2n) is 21.8. The average Bonchev–Trinajstić information content (AvgIpc) is 3.60. The van der Waals surface area contributed by atoms with Crippen LogP contribution in [0.2, 0.25) is 0 Å². The van der Waals surface area contributed by atoms with E-state index in [0.29, 0.717) is 0 Å². The van der Waals surface area contributed by atoms with Crippen molar-refractivity contribution < 1.29 is 0 Å². The highest BCUT2D eigenvalue weighted by Crippen LogP contribution is 2.62. The van der Waals surface area contributed by atoms with Crippen LogP contribution in [-0.2, 0) is 21.7 Å². The molecular formula is C64H53BN2. The Bertz CT molecular complexity index is 3540. The number of fused-ring (bicyclic) bond motifs is 13. The van der Waals surface area contributed by atoms with E-state index in [1.54, 1.807) is 0 Å². The first-order valence-corrected chi connectivity index (χ1v) is 24.4. The summed E-state index contributed by atoms with van der Waals surface area (Å²) in [6, 6.07) is 72.6. The molecular weight excluding hydrogens is 808 g/mol. The quantitative estimate of drug-likeness (QED) is 0.163. The number of para-hydroxylation sites is 2. The summed E-state index contributed by atoms with van der Waals surface area (Å²) in [5, 5.41) is 2.54. The van der Waals surface area contributed by atoms with E-state index in [0.717, 1.165) is 6.42 Å². The summed E-state index contributed by atoms with van der Waals surface area (Å²) in [6.45, 7) is 14.7. The normalized spacial score (nSPS) is 17.7. The van der Waals surface area contributed by atoms with Gasteiger partial charge in [-0.3, -0.25) is 0 Å². The fourth-order valence-corrected chi connectivity index (χ4v) is 13.9. The van der Waals surface area contributed by atoms with Crippen LogP contribution in [0.3, 0.4) is 0 Å². The third-order valence-corrected chi connectivity index (χ3v) is 17.1. The smallest absolute Gasteiger partial charge is 0.333 e.